The van der Waals surface area contributed by atoms with Gasteiger partial charge in [0.2, 0.25) is 5.91 Å². The van der Waals surface area contributed by atoms with Crippen LogP contribution >= 0.6 is 8.10 Å². The van der Waals surface area contributed by atoms with E-state index in [2.05, 4.69) is 0 Å². The number of rotatable bonds is 1. The molecular weight excluding hydrogens is 165 g/mol. The van der Waals surface area contributed by atoms with Gasteiger partial charge in [-0.15, -0.1) is 0 Å². The van der Waals surface area contributed by atoms with Gasteiger partial charge in [-0.25, -0.2) is 10.1 Å². The van der Waals surface area contributed by atoms with Crippen LogP contribution in [0.5, 0.6) is 0 Å². The molecular formula is C5H11N3O2P. The van der Waals surface area contributed by atoms with Gasteiger partial charge in [0.05, 0.1) is 6.04 Å². The Kier molecular flexibility index (Phi) is 2.54. The zero-order valence-electron chi connectivity index (χ0n) is 6.06. The lowest BCUT2D eigenvalue weighted by Crippen LogP contribution is -2.45. The molecule has 5 nitrogen and oxygen atoms in total. The van der Waals surface area contributed by atoms with Gasteiger partial charge in [0.15, 0.2) is 0 Å². The molecule has 11 heavy (non-hydrogen) atoms. The molecule has 0 aromatic heterocycles. The molecule has 1 rings (SSSR count). The lowest BCUT2D eigenvalue weighted by atomic mass is 10.1. The summed E-state index contributed by atoms with van der Waals surface area (Å²) in [7, 11) is -2.03. The van der Waals surface area contributed by atoms with Gasteiger partial charge >= 0.3 is 0 Å². The Morgan fingerprint density at radius 2 is 2.27 bits per heavy atom. The summed E-state index contributed by atoms with van der Waals surface area (Å²) in [5, 5.41) is 0. The average Bonchev–Trinajstić information content (AvgIpc) is 1.94. The highest BCUT2D eigenvalue weighted by atomic mass is 31.1. The number of amides is 1. The van der Waals surface area contributed by atoms with E-state index in [1.165, 1.54) is 0 Å². The van der Waals surface area contributed by atoms with Gasteiger partial charge in [0.1, 0.15) is 0 Å². The molecule has 6 heteroatoms. The third-order valence-electron chi connectivity index (χ3n) is 1.69. The summed E-state index contributed by atoms with van der Waals surface area (Å²) < 4.78 is 11.9. The first-order chi connectivity index (χ1) is 5.13. The van der Waals surface area contributed by atoms with Crippen molar-refractivity contribution in [2.75, 3.05) is 6.54 Å². The maximum Gasteiger partial charge on any atom is 0.254 e. The van der Waals surface area contributed by atoms with Gasteiger partial charge in [0, 0.05) is 6.54 Å². The summed E-state index contributed by atoms with van der Waals surface area (Å²) in [5.74, 6) is -0.292. The number of hydrogen-bond donors (Lipinski definition) is 2. The molecule has 63 valence electrons. The van der Waals surface area contributed by atoms with E-state index in [0.717, 1.165) is 11.1 Å². The standard InChI is InChI=1S/C5H11N3O2P/c6-4-2-1-3-8(5(4)9)11(7)10/h4H,1-3,6H2,(H2,7,10)/t4-/m0/s1. The van der Waals surface area contributed by atoms with Crippen molar-refractivity contribution in [2.24, 2.45) is 11.2 Å². The third kappa shape index (κ3) is 1.74. The minimum Gasteiger partial charge on any atom is -0.320 e. The summed E-state index contributed by atoms with van der Waals surface area (Å²) in [4.78, 5) is 11.1. The van der Waals surface area contributed by atoms with Crippen LogP contribution in [0.1, 0.15) is 12.8 Å². The lowest BCUT2D eigenvalue weighted by molar-refractivity contribution is -0.129. The van der Waals surface area contributed by atoms with E-state index in [0.29, 0.717) is 13.0 Å². The zero-order valence-corrected chi connectivity index (χ0v) is 6.96. The maximum absolute atomic E-state index is 11.1. The van der Waals surface area contributed by atoms with Gasteiger partial charge in [-0.2, -0.15) is 0 Å². The predicted octanol–water partition coefficient (Wildman–Crippen LogP) is -0.448. The highest BCUT2D eigenvalue weighted by Crippen LogP contribution is 2.23. The largest absolute Gasteiger partial charge is 0.320 e. The second-order valence-electron chi connectivity index (χ2n) is 2.51. The van der Waals surface area contributed by atoms with E-state index < -0.39 is 14.1 Å². The van der Waals surface area contributed by atoms with E-state index >= 15 is 0 Å². The van der Waals surface area contributed by atoms with E-state index in [1.807, 2.05) is 0 Å². The van der Waals surface area contributed by atoms with Gasteiger partial charge in [-0.3, -0.25) is 9.46 Å². The fourth-order valence-corrected chi connectivity index (χ4v) is 1.76. The predicted molar refractivity (Wildman–Crippen MR) is 40.7 cm³/mol. The van der Waals surface area contributed by atoms with E-state index in [9.17, 15) is 9.36 Å². The molecule has 1 amide bonds. The number of piperidine rings is 1. The van der Waals surface area contributed by atoms with Crippen LogP contribution in [-0.4, -0.2) is 23.2 Å². The molecule has 2 atom stereocenters. The van der Waals surface area contributed by atoms with Crippen LogP contribution in [0.15, 0.2) is 0 Å². The van der Waals surface area contributed by atoms with Crippen molar-refractivity contribution < 1.29 is 9.36 Å². The minimum absolute atomic E-state index is 0.292. The van der Waals surface area contributed by atoms with Gasteiger partial charge in [-0.05, 0) is 12.8 Å². The number of nitrogens with zero attached hydrogens (tertiary/aromatic N) is 1. The molecule has 1 radical (unpaired) electrons. The second kappa shape index (κ2) is 3.26. The molecule has 1 fully saturated rings. The Morgan fingerprint density at radius 1 is 1.64 bits per heavy atom. The first-order valence-corrected chi connectivity index (χ1v) is 4.70. The molecule has 1 aliphatic heterocycles. The third-order valence-corrected chi connectivity index (χ3v) is 2.57. The van der Waals surface area contributed by atoms with E-state index in [-0.39, 0.29) is 5.91 Å². The first kappa shape index (κ1) is 8.59. The van der Waals surface area contributed by atoms with Gasteiger partial charge < -0.3 is 5.73 Å². The molecule has 0 saturated carbocycles. The topological polar surface area (TPSA) is 89.4 Å². The molecule has 0 aliphatic carbocycles. The van der Waals surface area contributed by atoms with Crippen LogP contribution in [0.4, 0.5) is 0 Å². The fraction of sp³-hybridized carbons (Fsp3) is 0.800. The van der Waals surface area contributed by atoms with Crippen LogP contribution in [0, 0.1) is 0 Å². The Hall–Kier alpha value is -0.510. The zero-order chi connectivity index (χ0) is 8.43. The molecule has 0 aromatic rings. The van der Waals surface area contributed by atoms with Crippen molar-refractivity contribution in [3.8, 4) is 0 Å². The van der Waals surface area contributed by atoms with Crippen LogP contribution in [-0.2, 0) is 9.36 Å². The normalized spacial score (nSPS) is 27.1. The molecule has 4 N–H and O–H groups in total. The fourth-order valence-electron chi connectivity index (χ4n) is 1.08. The molecule has 1 aliphatic rings. The number of carbonyl (C=O) groups excluding carboxylic acids is 1. The van der Waals surface area contributed by atoms with Crippen molar-refractivity contribution in [1.29, 1.82) is 0 Å². The Bertz CT molecular complexity index is 196. The molecule has 1 unspecified atom stereocenters. The SMILES string of the molecule is N[C@H]1CCCN([P](N)=O)C1=O. The quantitative estimate of drug-likeness (QED) is 0.529. The summed E-state index contributed by atoms with van der Waals surface area (Å²) in [6, 6.07) is -0.508. The van der Waals surface area contributed by atoms with E-state index in [4.69, 9.17) is 11.2 Å². The molecule has 1 heterocycles. The molecule has 0 bridgehead atoms. The summed E-state index contributed by atoms with van der Waals surface area (Å²) in [6.07, 6.45) is 1.45. The number of hydrogen-bond acceptors (Lipinski definition) is 3. The van der Waals surface area contributed by atoms with Crippen molar-refractivity contribution in [3.63, 3.8) is 0 Å². The van der Waals surface area contributed by atoms with Crippen LogP contribution < -0.4 is 11.2 Å². The molecule has 0 spiro atoms. The Morgan fingerprint density at radius 3 is 2.73 bits per heavy atom. The smallest absolute Gasteiger partial charge is 0.254 e. The van der Waals surface area contributed by atoms with Crippen LogP contribution in [0.25, 0.3) is 0 Å². The van der Waals surface area contributed by atoms with Crippen molar-refractivity contribution in [2.45, 2.75) is 18.9 Å². The monoisotopic (exact) mass is 176 g/mol. The second-order valence-corrected chi connectivity index (χ2v) is 3.60. The van der Waals surface area contributed by atoms with E-state index in [1.54, 1.807) is 0 Å². The first-order valence-electron chi connectivity index (χ1n) is 3.41. The minimum atomic E-state index is -2.03. The summed E-state index contributed by atoms with van der Waals surface area (Å²) in [6.45, 7) is 0.470. The molecule has 1 saturated heterocycles. The van der Waals surface area contributed by atoms with Crippen molar-refractivity contribution in [3.05, 3.63) is 0 Å². The summed E-state index contributed by atoms with van der Waals surface area (Å²) in [5.41, 5.74) is 10.5. The maximum atomic E-state index is 11.1. The number of carbonyl (C=O) groups is 1. The average molecular weight is 176 g/mol. The van der Waals surface area contributed by atoms with Crippen LogP contribution in [0.2, 0.25) is 0 Å². The molecule has 0 aromatic carbocycles. The van der Waals surface area contributed by atoms with Crippen molar-refractivity contribution >= 4 is 14.0 Å². The highest BCUT2D eigenvalue weighted by Gasteiger charge is 2.28. The summed E-state index contributed by atoms with van der Waals surface area (Å²) >= 11 is 0. The van der Waals surface area contributed by atoms with Crippen LogP contribution in [0.3, 0.4) is 0 Å². The Labute approximate surface area is 65.6 Å². The lowest BCUT2D eigenvalue weighted by Gasteiger charge is -2.26. The number of nitrogens with two attached hydrogens (primary N) is 2. The highest BCUT2D eigenvalue weighted by molar-refractivity contribution is 7.40. The van der Waals surface area contributed by atoms with Gasteiger partial charge in [-0.1, -0.05) is 0 Å². The van der Waals surface area contributed by atoms with Gasteiger partial charge in [0.25, 0.3) is 8.10 Å². The Balaban J connectivity index is 2.66. The van der Waals surface area contributed by atoms with Crippen molar-refractivity contribution in [1.82, 2.24) is 4.67 Å².